The molecule has 1 fully saturated rings. The SMILES string of the molecule is OCC(F)(F)OCCOC1CCCCO1. The number of rotatable bonds is 6. The Bertz CT molecular complexity index is 171. The van der Waals surface area contributed by atoms with E-state index in [-0.39, 0.29) is 19.5 Å². The third-order valence-corrected chi connectivity index (χ3v) is 2.02. The molecule has 0 aromatic carbocycles. The minimum Gasteiger partial charge on any atom is -0.387 e. The molecule has 0 radical (unpaired) electrons. The van der Waals surface area contributed by atoms with Gasteiger partial charge < -0.3 is 19.3 Å². The maximum atomic E-state index is 12.4. The molecule has 1 unspecified atom stereocenters. The molecule has 1 N–H and O–H groups in total. The van der Waals surface area contributed by atoms with E-state index in [4.69, 9.17) is 14.6 Å². The van der Waals surface area contributed by atoms with E-state index in [0.717, 1.165) is 19.3 Å². The van der Waals surface area contributed by atoms with Gasteiger partial charge in [-0.25, -0.2) is 0 Å². The Morgan fingerprint density at radius 2 is 2.13 bits per heavy atom. The van der Waals surface area contributed by atoms with Gasteiger partial charge in [0.15, 0.2) is 6.29 Å². The van der Waals surface area contributed by atoms with Gasteiger partial charge in [-0.15, -0.1) is 0 Å². The van der Waals surface area contributed by atoms with Gasteiger partial charge in [-0.1, -0.05) is 0 Å². The van der Waals surface area contributed by atoms with E-state index in [9.17, 15) is 8.78 Å². The van der Waals surface area contributed by atoms with E-state index in [1.54, 1.807) is 0 Å². The quantitative estimate of drug-likeness (QED) is 0.690. The lowest BCUT2D eigenvalue weighted by molar-refractivity contribution is -0.267. The molecule has 1 rings (SSSR count). The molecule has 15 heavy (non-hydrogen) atoms. The molecular weight excluding hydrogens is 210 g/mol. The van der Waals surface area contributed by atoms with Gasteiger partial charge in [0.25, 0.3) is 0 Å². The average Bonchev–Trinajstić information content (AvgIpc) is 2.26. The molecule has 1 atom stereocenters. The molecule has 0 spiro atoms. The largest absolute Gasteiger partial charge is 0.387 e. The lowest BCUT2D eigenvalue weighted by Crippen LogP contribution is -2.29. The number of aliphatic hydroxyl groups excluding tert-OH is 1. The predicted octanol–water partition coefficient (Wildman–Crippen LogP) is 1.13. The Morgan fingerprint density at radius 3 is 2.73 bits per heavy atom. The number of ether oxygens (including phenoxy) is 3. The van der Waals surface area contributed by atoms with Crippen LogP contribution in [0.25, 0.3) is 0 Å². The van der Waals surface area contributed by atoms with E-state index < -0.39 is 12.7 Å². The van der Waals surface area contributed by atoms with Gasteiger partial charge in [0.2, 0.25) is 0 Å². The van der Waals surface area contributed by atoms with Gasteiger partial charge in [-0.3, -0.25) is 0 Å². The lowest BCUT2D eigenvalue weighted by Gasteiger charge is -2.23. The van der Waals surface area contributed by atoms with Gasteiger partial charge in [0, 0.05) is 6.61 Å². The first-order valence-corrected chi connectivity index (χ1v) is 5.00. The van der Waals surface area contributed by atoms with Crippen LogP contribution >= 0.6 is 0 Å². The second-order valence-corrected chi connectivity index (χ2v) is 3.31. The van der Waals surface area contributed by atoms with Crippen LogP contribution in [0.2, 0.25) is 0 Å². The minimum absolute atomic E-state index is 0.0419. The summed E-state index contributed by atoms with van der Waals surface area (Å²) in [5.41, 5.74) is 0. The predicted molar refractivity (Wildman–Crippen MR) is 47.5 cm³/mol. The first-order chi connectivity index (χ1) is 7.14. The third-order valence-electron chi connectivity index (χ3n) is 2.02. The van der Waals surface area contributed by atoms with Crippen LogP contribution in [0.3, 0.4) is 0 Å². The fraction of sp³-hybridized carbons (Fsp3) is 1.00. The Morgan fingerprint density at radius 1 is 1.33 bits per heavy atom. The highest BCUT2D eigenvalue weighted by molar-refractivity contribution is 4.54. The molecular formula is C9H16F2O4. The first-order valence-electron chi connectivity index (χ1n) is 5.00. The van der Waals surface area contributed by atoms with Crippen molar-refractivity contribution in [3.63, 3.8) is 0 Å². The minimum atomic E-state index is -3.48. The molecule has 0 amide bonds. The molecule has 0 saturated carbocycles. The van der Waals surface area contributed by atoms with E-state index in [0.29, 0.717) is 6.61 Å². The van der Waals surface area contributed by atoms with Gasteiger partial charge >= 0.3 is 6.11 Å². The Kier molecular flexibility index (Phi) is 5.38. The maximum Gasteiger partial charge on any atom is 0.378 e. The molecule has 1 heterocycles. The fourth-order valence-electron chi connectivity index (χ4n) is 1.26. The summed E-state index contributed by atoms with van der Waals surface area (Å²) in [6.45, 7) is -0.876. The average molecular weight is 226 g/mol. The highest BCUT2D eigenvalue weighted by atomic mass is 19.3. The van der Waals surface area contributed by atoms with E-state index in [1.165, 1.54) is 0 Å². The zero-order valence-corrected chi connectivity index (χ0v) is 8.45. The monoisotopic (exact) mass is 226 g/mol. The molecule has 0 aliphatic carbocycles. The van der Waals surface area contributed by atoms with Gasteiger partial charge in [0.05, 0.1) is 13.2 Å². The number of alkyl halides is 2. The lowest BCUT2D eigenvalue weighted by atomic mass is 10.2. The van der Waals surface area contributed by atoms with Gasteiger partial charge in [-0.05, 0) is 19.3 Å². The second-order valence-electron chi connectivity index (χ2n) is 3.31. The van der Waals surface area contributed by atoms with Crippen molar-refractivity contribution in [1.29, 1.82) is 0 Å². The summed E-state index contributed by atoms with van der Waals surface area (Å²) in [7, 11) is 0. The molecule has 1 aliphatic heterocycles. The maximum absolute atomic E-state index is 12.4. The highest BCUT2D eigenvalue weighted by Crippen LogP contribution is 2.15. The van der Waals surface area contributed by atoms with Crippen LogP contribution < -0.4 is 0 Å². The van der Waals surface area contributed by atoms with Crippen molar-refractivity contribution in [3.8, 4) is 0 Å². The molecule has 1 aliphatic rings. The van der Waals surface area contributed by atoms with Crippen LogP contribution in [-0.4, -0.2) is 43.9 Å². The second kappa shape index (κ2) is 6.32. The van der Waals surface area contributed by atoms with Crippen LogP contribution in [-0.2, 0) is 14.2 Å². The Balaban J connectivity index is 2.00. The van der Waals surface area contributed by atoms with Crippen molar-refractivity contribution in [2.75, 3.05) is 26.4 Å². The fourth-order valence-corrected chi connectivity index (χ4v) is 1.26. The Labute approximate surface area is 87.1 Å². The molecule has 0 aromatic rings. The van der Waals surface area contributed by atoms with Gasteiger partial charge in [-0.2, -0.15) is 8.78 Å². The third kappa shape index (κ3) is 5.36. The van der Waals surface area contributed by atoms with Crippen molar-refractivity contribution in [2.24, 2.45) is 0 Å². The number of hydrogen-bond donors (Lipinski definition) is 1. The first kappa shape index (κ1) is 12.8. The molecule has 0 bridgehead atoms. The summed E-state index contributed by atoms with van der Waals surface area (Å²) < 4.78 is 39.2. The topological polar surface area (TPSA) is 47.9 Å². The summed E-state index contributed by atoms with van der Waals surface area (Å²) in [6, 6.07) is 0. The normalized spacial score (nSPS) is 23.0. The summed E-state index contributed by atoms with van der Waals surface area (Å²) >= 11 is 0. The summed E-state index contributed by atoms with van der Waals surface area (Å²) in [5.74, 6) is 0. The summed E-state index contributed by atoms with van der Waals surface area (Å²) in [6.07, 6.45) is -0.949. The number of aliphatic hydroxyl groups is 1. The Hall–Kier alpha value is -0.300. The van der Waals surface area contributed by atoms with E-state index in [2.05, 4.69) is 4.74 Å². The van der Waals surface area contributed by atoms with E-state index in [1.807, 2.05) is 0 Å². The van der Waals surface area contributed by atoms with Crippen molar-refractivity contribution in [2.45, 2.75) is 31.7 Å². The van der Waals surface area contributed by atoms with Crippen LogP contribution in [0.4, 0.5) is 8.78 Å². The van der Waals surface area contributed by atoms with Crippen LogP contribution in [0.1, 0.15) is 19.3 Å². The van der Waals surface area contributed by atoms with Crippen molar-refractivity contribution in [3.05, 3.63) is 0 Å². The number of halogens is 2. The molecule has 90 valence electrons. The molecule has 4 nitrogen and oxygen atoms in total. The highest BCUT2D eigenvalue weighted by Gasteiger charge is 2.28. The zero-order valence-electron chi connectivity index (χ0n) is 8.45. The molecule has 0 aromatic heterocycles. The van der Waals surface area contributed by atoms with E-state index >= 15 is 0 Å². The molecule has 6 heteroatoms. The van der Waals surface area contributed by atoms with Gasteiger partial charge in [0.1, 0.15) is 6.61 Å². The van der Waals surface area contributed by atoms with Crippen molar-refractivity contribution >= 4 is 0 Å². The summed E-state index contributed by atoms with van der Waals surface area (Å²) in [4.78, 5) is 0. The van der Waals surface area contributed by atoms with Crippen LogP contribution in [0, 0.1) is 0 Å². The van der Waals surface area contributed by atoms with Crippen molar-refractivity contribution in [1.82, 2.24) is 0 Å². The summed E-state index contributed by atoms with van der Waals surface area (Å²) in [5, 5.41) is 8.20. The smallest absolute Gasteiger partial charge is 0.378 e. The standard InChI is InChI=1S/C9H16F2O4/c10-9(11,7-12)15-6-5-14-8-3-1-2-4-13-8/h8,12H,1-7H2. The number of hydrogen-bond acceptors (Lipinski definition) is 4. The van der Waals surface area contributed by atoms with Crippen LogP contribution in [0.5, 0.6) is 0 Å². The van der Waals surface area contributed by atoms with Crippen LogP contribution in [0.15, 0.2) is 0 Å². The van der Waals surface area contributed by atoms with Crippen molar-refractivity contribution < 1.29 is 28.1 Å². The molecule has 1 saturated heterocycles. The zero-order chi connectivity index (χ0) is 11.1.